The quantitative estimate of drug-likeness (QED) is 0.453. The first-order valence-corrected chi connectivity index (χ1v) is 12.4. The molecule has 2 aromatic rings. The number of hydrogen-bond donors (Lipinski definition) is 0. The number of hydrogen-bond acceptors (Lipinski definition) is 0. The highest BCUT2D eigenvalue weighted by atomic mass is 14.3. The van der Waals surface area contributed by atoms with Crippen LogP contribution in [0.1, 0.15) is 112 Å². The lowest BCUT2D eigenvalue weighted by Crippen LogP contribution is -2.13. The fraction of sp³-hybridized carbons (Fsp3) is 0.533. The van der Waals surface area contributed by atoms with Crippen LogP contribution in [0.25, 0.3) is 0 Å². The first-order chi connectivity index (χ1) is 14.7. The van der Waals surface area contributed by atoms with E-state index in [9.17, 15) is 0 Å². The molecular weight excluding hydrogens is 360 g/mol. The van der Waals surface area contributed by atoms with Gasteiger partial charge < -0.3 is 0 Å². The fourth-order valence-corrected chi connectivity index (χ4v) is 5.61. The van der Waals surface area contributed by atoms with Crippen LogP contribution in [0.2, 0.25) is 0 Å². The summed E-state index contributed by atoms with van der Waals surface area (Å²) in [5, 5.41) is 0. The second kappa shape index (κ2) is 10.3. The van der Waals surface area contributed by atoms with Crippen LogP contribution in [0, 0.1) is 23.7 Å². The van der Waals surface area contributed by atoms with Gasteiger partial charge in [0.1, 0.15) is 0 Å². The summed E-state index contributed by atoms with van der Waals surface area (Å²) in [5.74, 6) is 10.1. The molecule has 4 rings (SSSR count). The molecule has 0 nitrogen and oxygen atoms in total. The lowest BCUT2D eigenvalue weighted by atomic mass is 9.77. The lowest BCUT2D eigenvalue weighted by Gasteiger charge is -2.28. The molecule has 0 N–H and O–H groups in total. The van der Waals surface area contributed by atoms with Crippen molar-refractivity contribution in [1.82, 2.24) is 0 Å². The van der Waals surface area contributed by atoms with Gasteiger partial charge in [0.05, 0.1) is 0 Å². The van der Waals surface area contributed by atoms with E-state index in [1.807, 2.05) is 0 Å². The molecule has 158 valence electrons. The third-order valence-electron chi connectivity index (χ3n) is 7.67. The molecule has 0 unspecified atom stereocenters. The van der Waals surface area contributed by atoms with Crippen molar-refractivity contribution >= 4 is 0 Å². The Hall–Kier alpha value is -2.00. The fourth-order valence-electron chi connectivity index (χ4n) is 5.61. The number of rotatable bonds is 4. The van der Waals surface area contributed by atoms with Crippen molar-refractivity contribution in [2.45, 2.75) is 89.9 Å². The summed E-state index contributed by atoms with van der Waals surface area (Å²) in [6.07, 6.45) is 13.8. The third-order valence-corrected chi connectivity index (χ3v) is 7.67. The van der Waals surface area contributed by atoms with Crippen molar-refractivity contribution in [2.24, 2.45) is 11.8 Å². The van der Waals surface area contributed by atoms with Crippen molar-refractivity contribution in [3.63, 3.8) is 0 Å². The minimum atomic E-state index is 0.757. The summed E-state index contributed by atoms with van der Waals surface area (Å²) in [7, 11) is 0. The molecule has 2 aromatic carbocycles. The van der Waals surface area contributed by atoms with E-state index >= 15 is 0 Å². The monoisotopic (exact) mass is 398 g/mol. The van der Waals surface area contributed by atoms with Crippen LogP contribution >= 0.6 is 0 Å². The Balaban J connectivity index is 1.33. The summed E-state index contributed by atoms with van der Waals surface area (Å²) in [6, 6.07) is 18.1. The summed E-state index contributed by atoms with van der Waals surface area (Å²) in [5.41, 5.74) is 5.28. The van der Waals surface area contributed by atoms with Crippen LogP contribution in [0.15, 0.2) is 48.5 Å². The van der Waals surface area contributed by atoms with Crippen molar-refractivity contribution in [3.8, 4) is 11.8 Å². The van der Waals surface area contributed by atoms with Crippen molar-refractivity contribution < 1.29 is 0 Å². The molecule has 30 heavy (non-hydrogen) atoms. The molecule has 0 amide bonds. The Morgan fingerprint density at radius 3 is 1.50 bits per heavy atom. The maximum Gasteiger partial charge on any atom is 0.0249 e. The van der Waals surface area contributed by atoms with Crippen molar-refractivity contribution in [2.75, 3.05) is 0 Å². The van der Waals surface area contributed by atoms with Gasteiger partial charge in [0.15, 0.2) is 0 Å². The van der Waals surface area contributed by atoms with E-state index in [-0.39, 0.29) is 0 Å². The van der Waals surface area contributed by atoms with Gasteiger partial charge in [-0.15, -0.1) is 0 Å². The summed E-state index contributed by atoms with van der Waals surface area (Å²) in [4.78, 5) is 0. The Bertz CT molecular complexity index is 830. The summed E-state index contributed by atoms with van der Waals surface area (Å²) >= 11 is 0. The van der Waals surface area contributed by atoms with E-state index in [0.717, 1.165) is 34.8 Å². The maximum absolute atomic E-state index is 3.37. The molecule has 0 atom stereocenters. The normalized spacial score (nSPS) is 26.6. The van der Waals surface area contributed by atoms with Crippen molar-refractivity contribution in [1.29, 1.82) is 0 Å². The van der Waals surface area contributed by atoms with Crippen LogP contribution in [0.5, 0.6) is 0 Å². The third kappa shape index (κ3) is 5.57. The zero-order valence-corrected chi connectivity index (χ0v) is 19.0. The van der Waals surface area contributed by atoms with Crippen LogP contribution in [-0.2, 0) is 0 Å². The zero-order valence-electron chi connectivity index (χ0n) is 19.0. The van der Waals surface area contributed by atoms with Gasteiger partial charge in [0.25, 0.3) is 0 Å². The van der Waals surface area contributed by atoms with Gasteiger partial charge in [-0.3, -0.25) is 0 Å². The molecule has 0 saturated heterocycles. The summed E-state index contributed by atoms with van der Waals surface area (Å²) < 4.78 is 0. The van der Waals surface area contributed by atoms with Crippen LogP contribution in [0.3, 0.4) is 0 Å². The minimum absolute atomic E-state index is 0.757. The molecule has 2 aliphatic rings. The minimum Gasteiger partial charge on any atom is -0.0654 e. The predicted octanol–water partition coefficient (Wildman–Crippen LogP) is 8.45. The Labute approximate surface area is 184 Å². The van der Waals surface area contributed by atoms with Crippen LogP contribution in [-0.4, -0.2) is 0 Å². The average Bonchev–Trinajstić information content (AvgIpc) is 2.80. The second-order valence-electron chi connectivity index (χ2n) is 9.96. The summed E-state index contributed by atoms with van der Waals surface area (Å²) in [6.45, 7) is 4.71. The predicted molar refractivity (Wildman–Crippen MR) is 129 cm³/mol. The lowest BCUT2D eigenvalue weighted by molar-refractivity contribution is 0.308. The largest absolute Gasteiger partial charge is 0.0654 e. The van der Waals surface area contributed by atoms with Gasteiger partial charge in [-0.1, -0.05) is 75.6 Å². The van der Waals surface area contributed by atoms with Gasteiger partial charge in [0, 0.05) is 11.1 Å². The van der Waals surface area contributed by atoms with E-state index in [1.165, 1.54) is 75.3 Å². The zero-order chi connectivity index (χ0) is 20.8. The second-order valence-corrected chi connectivity index (χ2v) is 9.96. The molecule has 2 aliphatic carbocycles. The first-order valence-electron chi connectivity index (χ1n) is 12.4. The first kappa shape index (κ1) is 21.2. The molecule has 0 aliphatic heterocycles. The molecule has 0 heteroatoms. The van der Waals surface area contributed by atoms with Crippen LogP contribution in [0.4, 0.5) is 0 Å². The van der Waals surface area contributed by atoms with E-state index < -0.39 is 0 Å². The molecule has 0 bridgehead atoms. The standard InChI is InChI=1S/C30H38/c1-3-4-24-9-17-29(18-10-24)30-21-13-26(14-22-30)8-7-25-11-19-28(20-12-25)27-15-5-23(2)6-16-27/h11-14,19-24,27,29H,3-6,9-10,15-18H2,1-2H3. The Kier molecular flexibility index (Phi) is 7.33. The number of benzene rings is 2. The van der Waals surface area contributed by atoms with Gasteiger partial charge in [-0.05, 0) is 97.6 Å². The van der Waals surface area contributed by atoms with Gasteiger partial charge in [0.2, 0.25) is 0 Å². The topological polar surface area (TPSA) is 0 Å². The average molecular weight is 399 g/mol. The Morgan fingerprint density at radius 2 is 1.07 bits per heavy atom. The molecule has 0 aromatic heterocycles. The molecule has 2 saturated carbocycles. The van der Waals surface area contributed by atoms with E-state index in [4.69, 9.17) is 0 Å². The highest BCUT2D eigenvalue weighted by molar-refractivity contribution is 5.44. The molecule has 0 radical (unpaired) electrons. The van der Waals surface area contributed by atoms with Gasteiger partial charge in [-0.25, -0.2) is 0 Å². The molecular formula is C30H38. The highest BCUT2D eigenvalue weighted by Gasteiger charge is 2.21. The van der Waals surface area contributed by atoms with E-state index in [2.05, 4.69) is 74.2 Å². The highest BCUT2D eigenvalue weighted by Crippen LogP contribution is 2.37. The SMILES string of the molecule is CCCC1CCC(c2ccc(C#Cc3ccc(C4CCC(C)CC4)cc3)cc2)CC1. The maximum atomic E-state index is 3.37. The molecule has 0 spiro atoms. The van der Waals surface area contributed by atoms with E-state index in [1.54, 1.807) is 0 Å². The van der Waals surface area contributed by atoms with Gasteiger partial charge in [-0.2, -0.15) is 0 Å². The Morgan fingerprint density at radius 1 is 0.633 bits per heavy atom. The van der Waals surface area contributed by atoms with E-state index in [0.29, 0.717) is 0 Å². The van der Waals surface area contributed by atoms with Crippen molar-refractivity contribution in [3.05, 3.63) is 70.8 Å². The molecule has 2 fully saturated rings. The smallest absolute Gasteiger partial charge is 0.0249 e. The van der Waals surface area contributed by atoms with Gasteiger partial charge >= 0.3 is 0 Å². The van der Waals surface area contributed by atoms with Crippen LogP contribution < -0.4 is 0 Å². The molecule has 0 heterocycles.